The van der Waals surface area contributed by atoms with Gasteiger partial charge in [-0.2, -0.15) is 0 Å². The number of carbonyl (C=O) groups is 1. The predicted molar refractivity (Wildman–Crippen MR) is 24.9 cm³/mol. The van der Waals surface area contributed by atoms with Crippen LogP contribution >= 0.6 is 7.82 Å². The van der Waals surface area contributed by atoms with Crippen LogP contribution in [0, 0.1) is 82.6 Å². The standard InChI is InChI=1S/CH2O3.H3O4P.2Pr/c2-1(3)4;1-5(2,3)4;;/h(H2,2,3,4);(H3,1,2,3,4);;. The minimum absolute atomic E-state index is 0. The maximum absolute atomic E-state index is 8.88. The van der Waals surface area contributed by atoms with Crippen molar-refractivity contribution in [2.75, 3.05) is 0 Å². The molecule has 0 aromatic heterocycles. The summed E-state index contributed by atoms with van der Waals surface area (Å²) in [6.07, 6.45) is -1.83. The van der Waals surface area contributed by atoms with Crippen LogP contribution in [0.5, 0.6) is 0 Å². The molecule has 0 amide bonds. The minimum Gasteiger partial charge on any atom is -0.450 e. The molecule has 0 aliphatic heterocycles. The molecule has 0 aliphatic carbocycles. The molecule has 0 spiro atoms. The molecule has 0 heterocycles. The van der Waals surface area contributed by atoms with Gasteiger partial charge in [0.1, 0.15) is 0 Å². The van der Waals surface area contributed by atoms with E-state index in [1.54, 1.807) is 0 Å². The second-order valence-electron chi connectivity index (χ2n) is 0.796. The van der Waals surface area contributed by atoms with Gasteiger partial charge >= 0.3 is 14.0 Å². The SMILES string of the molecule is O=C(O)O.O=P(O)(O)O.[Pr].[Pr]. The van der Waals surface area contributed by atoms with E-state index < -0.39 is 14.0 Å². The molecule has 5 N–H and O–H groups in total. The zero-order valence-corrected chi connectivity index (χ0v) is 13.5. The molecular weight excluding hydrogens is 437 g/mol. The quantitative estimate of drug-likeness (QED) is 0.313. The Morgan fingerprint density at radius 2 is 1.00 bits per heavy atom. The van der Waals surface area contributed by atoms with Crippen molar-refractivity contribution in [2.45, 2.75) is 0 Å². The molecule has 10 heteroatoms. The van der Waals surface area contributed by atoms with E-state index in [2.05, 4.69) is 0 Å². The van der Waals surface area contributed by atoms with Crippen LogP contribution in [-0.4, -0.2) is 31.0 Å². The first-order valence-corrected chi connectivity index (χ1v) is 3.00. The van der Waals surface area contributed by atoms with Gasteiger partial charge in [0.25, 0.3) is 0 Å². The van der Waals surface area contributed by atoms with E-state index in [-0.39, 0.29) is 82.6 Å². The summed E-state index contributed by atoms with van der Waals surface area (Å²) in [5.41, 5.74) is 0. The van der Waals surface area contributed by atoms with Crippen molar-refractivity contribution in [3.63, 3.8) is 0 Å². The van der Waals surface area contributed by atoms with Crippen LogP contribution in [-0.2, 0) is 4.57 Å². The van der Waals surface area contributed by atoms with Crippen molar-refractivity contribution in [3.8, 4) is 0 Å². The van der Waals surface area contributed by atoms with Crippen LogP contribution in [0.4, 0.5) is 4.79 Å². The molecule has 0 atom stereocenters. The van der Waals surface area contributed by atoms with Crippen molar-refractivity contribution in [3.05, 3.63) is 0 Å². The van der Waals surface area contributed by atoms with E-state index in [1.807, 2.05) is 0 Å². The van der Waals surface area contributed by atoms with Gasteiger partial charge < -0.3 is 24.9 Å². The zero-order chi connectivity index (χ0) is 8.08. The third-order valence-electron chi connectivity index (χ3n) is 0. The fourth-order valence-electron chi connectivity index (χ4n) is 0. The van der Waals surface area contributed by atoms with Gasteiger partial charge in [0.15, 0.2) is 0 Å². The average Bonchev–Trinajstić information content (AvgIpc) is 1.19. The largest absolute Gasteiger partial charge is 0.503 e. The summed E-state index contributed by atoms with van der Waals surface area (Å²) in [6.45, 7) is 0. The number of rotatable bonds is 0. The van der Waals surface area contributed by atoms with Gasteiger partial charge in [-0.3, -0.25) is 0 Å². The maximum atomic E-state index is 8.88. The molecule has 7 nitrogen and oxygen atoms in total. The third kappa shape index (κ3) is 279. The molecule has 62 valence electrons. The molecular formula is CH5O7PPr2. The summed E-state index contributed by atoms with van der Waals surface area (Å²) in [4.78, 5) is 30.1. The van der Waals surface area contributed by atoms with Gasteiger partial charge in [-0.1, -0.05) is 0 Å². The van der Waals surface area contributed by atoms with Gasteiger partial charge in [0.2, 0.25) is 0 Å². The van der Waals surface area contributed by atoms with Crippen LogP contribution in [0.1, 0.15) is 0 Å². The monoisotopic (exact) mass is 442 g/mol. The first kappa shape index (κ1) is 23.2. The molecule has 2 radical (unpaired) electrons. The summed E-state index contributed by atoms with van der Waals surface area (Å²) in [7, 11) is -4.64. The molecule has 0 unspecified atom stereocenters. The van der Waals surface area contributed by atoms with Gasteiger partial charge in [0, 0.05) is 82.6 Å². The van der Waals surface area contributed by atoms with Crippen LogP contribution in [0.15, 0.2) is 0 Å². The second-order valence-corrected chi connectivity index (χ2v) is 1.82. The van der Waals surface area contributed by atoms with Crippen molar-refractivity contribution < 1.29 is 117 Å². The van der Waals surface area contributed by atoms with Crippen LogP contribution < -0.4 is 0 Å². The van der Waals surface area contributed by atoms with Gasteiger partial charge in [-0.25, -0.2) is 9.36 Å². The Morgan fingerprint density at radius 3 is 1.00 bits per heavy atom. The number of hydrogen-bond acceptors (Lipinski definition) is 2. The Hall–Kier alpha value is 2.11. The van der Waals surface area contributed by atoms with E-state index in [0.29, 0.717) is 0 Å². The first-order chi connectivity index (χ1) is 3.73. The molecule has 0 aliphatic rings. The molecule has 0 fully saturated rings. The summed E-state index contributed by atoms with van der Waals surface area (Å²) >= 11 is 0. The summed E-state index contributed by atoms with van der Waals surface area (Å²) in [5, 5.41) is 13.9. The second kappa shape index (κ2) is 12.1. The van der Waals surface area contributed by atoms with E-state index in [1.165, 1.54) is 0 Å². The van der Waals surface area contributed by atoms with Crippen molar-refractivity contribution in [1.82, 2.24) is 0 Å². The Labute approximate surface area is 128 Å². The van der Waals surface area contributed by atoms with Crippen molar-refractivity contribution in [2.24, 2.45) is 0 Å². The Morgan fingerprint density at radius 1 is 1.00 bits per heavy atom. The van der Waals surface area contributed by atoms with E-state index in [9.17, 15) is 0 Å². The maximum Gasteiger partial charge on any atom is 0.503 e. The predicted octanol–water partition coefficient (Wildman–Crippen LogP) is -0.706. The van der Waals surface area contributed by atoms with Gasteiger partial charge in [0.05, 0.1) is 0 Å². The molecule has 11 heavy (non-hydrogen) atoms. The normalized spacial score (nSPS) is 7.55. The molecule has 0 saturated heterocycles. The van der Waals surface area contributed by atoms with Gasteiger partial charge in [-0.15, -0.1) is 0 Å². The van der Waals surface area contributed by atoms with Crippen molar-refractivity contribution >= 4 is 14.0 Å². The Kier molecular flexibility index (Phi) is 25.5. The molecule has 0 rings (SSSR count). The van der Waals surface area contributed by atoms with Crippen LogP contribution in [0.2, 0.25) is 0 Å². The topological polar surface area (TPSA) is 135 Å². The summed E-state index contributed by atoms with van der Waals surface area (Å²) < 4.78 is 8.88. The van der Waals surface area contributed by atoms with E-state index in [4.69, 9.17) is 34.3 Å². The first-order valence-electron chi connectivity index (χ1n) is 1.43. The third-order valence-corrected chi connectivity index (χ3v) is 0. The van der Waals surface area contributed by atoms with E-state index in [0.717, 1.165) is 0 Å². The van der Waals surface area contributed by atoms with Gasteiger partial charge in [-0.05, 0) is 0 Å². The van der Waals surface area contributed by atoms with Crippen molar-refractivity contribution in [1.29, 1.82) is 0 Å². The zero-order valence-electron chi connectivity index (χ0n) is 5.15. The smallest absolute Gasteiger partial charge is 0.450 e. The molecule has 0 aromatic carbocycles. The number of phosphoric acid groups is 1. The fourth-order valence-corrected chi connectivity index (χ4v) is 0. The minimum atomic E-state index is -4.64. The van der Waals surface area contributed by atoms with Crippen LogP contribution in [0.25, 0.3) is 0 Å². The number of carboxylic acid groups (broad SMARTS) is 2. The van der Waals surface area contributed by atoms with E-state index >= 15 is 0 Å². The molecule has 0 bridgehead atoms. The number of hydrogen-bond donors (Lipinski definition) is 5. The fraction of sp³-hybridized carbons (Fsp3) is 0. The average molecular weight is 442 g/mol. The molecule has 0 saturated carbocycles. The Balaban J connectivity index is -0.0000000383. The molecule has 0 aromatic rings. The van der Waals surface area contributed by atoms with Crippen LogP contribution in [0.3, 0.4) is 0 Å². The summed E-state index contributed by atoms with van der Waals surface area (Å²) in [6, 6.07) is 0. The summed E-state index contributed by atoms with van der Waals surface area (Å²) in [5.74, 6) is 0. The Bertz CT molecular complexity index is 116.